The van der Waals surface area contributed by atoms with Crippen LogP contribution in [-0.4, -0.2) is 36.3 Å². The molecule has 7 nitrogen and oxygen atoms in total. The van der Waals surface area contributed by atoms with Crippen molar-refractivity contribution in [1.29, 1.82) is 0 Å². The van der Waals surface area contributed by atoms with Gasteiger partial charge in [0.15, 0.2) is 0 Å². The first-order valence-corrected chi connectivity index (χ1v) is 9.80. The zero-order chi connectivity index (χ0) is 18.5. The number of sulfonamides is 1. The van der Waals surface area contributed by atoms with Crippen LogP contribution in [0.3, 0.4) is 0 Å². The highest BCUT2D eigenvalue weighted by Gasteiger charge is 2.54. The zero-order valence-corrected chi connectivity index (χ0v) is 14.9. The molecule has 3 heterocycles. The van der Waals surface area contributed by atoms with Gasteiger partial charge in [0.05, 0.1) is 22.5 Å². The quantitative estimate of drug-likeness (QED) is 0.874. The number of hydrogen-bond donors (Lipinski definition) is 1. The average molecular weight is 379 g/mol. The fraction of sp³-hybridized carbons (Fsp3) is 0.412. The first kappa shape index (κ1) is 17.2. The summed E-state index contributed by atoms with van der Waals surface area (Å²) in [6, 6.07) is 5.06. The molecule has 2 aliphatic heterocycles. The average Bonchev–Trinajstić information content (AvgIpc) is 3.31. The number of halogens is 1. The molecule has 0 unspecified atom stereocenters. The largest absolute Gasteiger partial charge is 0.374 e. The maximum Gasteiger partial charge on any atom is 0.264 e. The molecular formula is C17H18FN3O4S. The summed E-state index contributed by atoms with van der Waals surface area (Å²) < 4.78 is 48.4. The summed E-state index contributed by atoms with van der Waals surface area (Å²) in [5, 5.41) is 3.91. The van der Waals surface area contributed by atoms with Crippen molar-refractivity contribution in [3.05, 3.63) is 42.5 Å². The monoisotopic (exact) mass is 379 g/mol. The lowest BCUT2D eigenvalue weighted by Crippen LogP contribution is -2.47. The summed E-state index contributed by atoms with van der Waals surface area (Å²) in [5.74, 6) is -1.36. The normalized spacial score (nSPS) is 27.6. The Morgan fingerprint density at radius 1 is 1.42 bits per heavy atom. The van der Waals surface area contributed by atoms with E-state index in [0.29, 0.717) is 6.42 Å². The molecule has 2 aromatic rings. The summed E-state index contributed by atoms with van der Waals surface area (Å²) in [6.07, 6.45) is 4.88. The van der Waals surface area contributed by atoms with Crippen LogP contribution in [0.2, 0.25) is 0 Å². The highest BCUT2D eigenvalue weighted by molar-refractivity contribution is 7.90. The summed E-state index contributed by atoms with van der Waals surface area (Å²) in [7, 11) is -4.18. The Morgan fingerprint density at radius 2 is 2.23 bits per heavy atom. The number of hydrogen-bond acceptors (Lipinski definition) is 5. The summed E-state index contributed by atoms with van der Waals surface area (Å²) in [5.41, 5.74) is -0.766. The van der Waals surface area contributed by atoms with E-state index in [2.05, 4.69) is 9.82 Å². The maximum absolute atomic E-state index is 14.3. The third-order valence-corrected chi connectivity index (χ3v) is 6.52. The van der Waals surface area contributed by atoms with Gasteiger partial charge in [-0.05, 0) is 50.5 Å². The molecule has 0 aliphatic carbocycles. The lowest BCUT2D eigenvalue weighted by atomic mass is 9.75. The van der Waals surface area contributed by atoms with Crippen molar-refractivity contribution in [1.82, 2.24) is 14.5 Å². The van der Waals surface area contributed by atoms with Crippen molar-refractivity contribution in [2.75, 3.05) is 0 Å². The number of carbonyl (C=O) groups excluding carboxylic acids is 1. The lowest BCUT2D eigenvalue weighted by Gasteiger charge is -2.29. The van der Waals surface area contributed by atoms with E-state index in [-0.39, 0.29) is 22.8 Å². The van der Waals surface area contributed by atoms with Crippen molar-refractivity contribution in [3.63, 3.8) is 0 Å². The highest BCUT2D eigenvalue weighted by atomic mass is 32.2. The van der Waals surface area contributed by atoms with Gasteiger partial charge in [-0.2, -0.15) is 5.10 Å². The molecule has 4 rings (SSSR count). The van der Waals surface area contributed by atoms with Gasteiger partial charge < -0.3 is 4.74 Å². The molecule has 0 spiro atoms. The first-order chi connectivity index (χ1) is 12.3. The van der Waals surface area contributed by atoms with Gasteiger partial charge in [0, 0.05) is 12.4 Å². The Balaban J connectivity index is 1.57. The van der Waals surface area contributed by atoms with Crippen LogP contribution in [0.15, 0.2) is 41.6 Å². The van der Waals surface area contributed by atoms with E-state index in [1.165, 1.54) is 23.0 Å². The van der Waals surface area contributed by atoms with E-state index in [4.69, 9.17) is 4.74 Å². The van der Waals surface area contributed by atoms with Crippen LogP contribution in [-0.2, 0) is 19.6 Å². The second-order valence-corrected chi connectivity index (χ2v) is 8.63. The molecule has 0 radical (unpaired) electrons. The second-order valence-electron chi connectivity index (χ2n) is 6.94. The topological polar surface area (TPSA) is 90.3 Å². The number of nitrogens with zero attached hydrogens (tertiary/aromatic N) is 2. The highest BCUT2D eigenvalue weighted by Crippen LogP contribution is 2.47. The molecule has 2 aliphatic rings. The third kappa shape index (κ3) is 2.71. The molecule has 1 aromatic carbocycles. The molecule has 0 saturated carbocycles. The molecule has 1 amide bonds. The number of amides is 1. The number of ether oxygens (including phenoxy) is 1. The molecule has 2 fully saturated rings. The molecule has 26 heavy (non-hydrogen) atoms. The zero-order valence-electron chi connectivity index (χ0n) is 14.1. The standard InChI is InChI=1S/C17H18FN3O4S/c1-17(10-11-3-6-15(17)25-11)16(22)20-26(23,24)12-4-5-14(13(18)9-12)21-8-2-7-19-21/h2,4-5,7-9,11,15H,3,6,10H2,1H3,(H,20,22)/t11-,15+,17+/m1/s1. The van der Waals surface area contributed by atoms with Crippen LogP contribution in [0, 0.1) is 11.2 Å². The lowest BCUT2D eigenvalue weighted by molar-refractivity contribution is -0.131. The maximum atomic E-state index is 14.3. The van der Waals surface area contributed by atoms with Crippen LogP contribution in [0.1, 0.15) is 26.2 Å². The van der Waals surface area contributed by atoms with E-state index in [1.54, 1.807) is 19.2 Å². The second kappa shape index (κ2) is 5.88. The van der Waals surface area contributed by atoms with E-state index in [0.717, 1.165) is 18.9 Å². The number of rotatable bonds is 4. The molecule has 2 saturated heterocycles. The minimum atomic E-state index is -4.18. The van der Waals surface area contributed by atoms with Crippen molar-refractivity contribution in [2.45, 2.75) is 43.3 Å². The molecule has 9 heteroatoms. The van der Waals surface area contributed by atoms with E-state index < -0.39 is 27.2 Å². The predicted molar refractivity (Wildman–Crippen MR) is 89.5 cm³/mol. The van der Waals surface area contributed by atoms with Crippen molar-refractivity contribution in [2.24, 2.45) is 5.41 Å². The van der Waals surface area contributed by atoms with Gasteiger partial charge in [-0.3, -0.25) is 4.79 Å². The number of nitrogens with one attached hydrogen (secondary N) is 1. The van der Waals surface area contributed by atoms with Crippen molar-refractivity contribution in [3.8, 4) is 5.69 Å². The van der Waals surface area contributed by atoms with Crippen molar-refractivity contribution >= 4 is 15.9 Å². The number of fused-ring (bicyclic) bond motifs is 2. The fourth-order valence-corrected chi connectivity index (χ4v) is 4.82. The number of benzene rings is 1. The van der Waals surface area contributed by atoms with Gasteiger partial charge in [-0.15, -0.1) is 0 Å². The molecule has 138 valence electrons. The summed E-state index contributed by atoms with van der Waals surface area (Å²) in [6.45, 7) is 1.71. The molecule has 2 bridgehead atoms. The van der Waals surface area contributed by atoms with Gasteiger partial charge in [0.1, 0.15) is 11.5 Å². The van der Waals surface area contributed by atoms with E-state index >= 15 is 0 Å². The fourth-order valence-electron chi connectivity index (χ4n) is 3.72. The SMILES string of the molecule is C[C@]1(C(=O)NS(=O)(=O)c2ccc(-n3cccn3)c(F)c2)C[C@H]2CC[C@@H]1O2. The Labute approximate surface area is 150 Å². The van der Waals surface area contributed by atoms with Gasteiger partial charge >= 0.3 is 0 Å². The Bertz CT molecular complexity index is 960. The van der Waals surface area contributed by atoms with Crippen LogP contribution >= 0.6 is 0 Å². The third-order valence-electron chi connectivity index (χ3n) is 5.20. The van der Waals surface area contributed by atoms with Crippen LogP contribution in [0.25, 0.3) is 5.69 Å². The minimum Gasteiger partial charge on any atom is -0.374 e. The summed E-state index contributed by atoms with van der Waals surface area (Å²) in [4.78, 5) is 12.3. The van der Waals surface area contributed by atoms with Gasteiger partial charge in [0.25, 0.3) is 10.0 Å². The molecular weight excluding hydrogens is 361 g/mol. The number of aromatic nitrogens is 2. The van der Waals surface area contributed by atoms with E-state index in [1.807, 2.05) is 0 Å². The predicted octanol–water partition coefficient (Wildman–Crippen LogP) is 1.77. The van der Waals surface area contributed by atoms with Crippen LogP contribution in [0.5, 0.6) is 0 Å². The Hall–Kier alpha value is -2.26. The van der Waals surface area contributed by atoms with Gasteiger partial charge in [-0.25, -0.2) is 22.2 Å². The van der Waals surface area contributed by atoms with Gasteiger partial charge in [-0.1, -0.05) is 0 Å². The first-order valence-electron chi connectivity index (χ1n) is 8.32. The Morgan fingerprint density at radius 3 is 2.81 bits per heavy atom. The van der Waals surface area contributed by atoms with Crippen LogP contribution < -0.4 is 4.72 Å². The molecule has 3 atom stereocenters. The van der Waals surface area contributed by atoms with E-state index in [9.17, 15) is 17.6 Å². The minimum absolute atomic E-state index is 0.00394. The summed E-state index contributed by atoms with van der Waals surface area (Å²) >= 11 is 0. The van der Waals surface area contributed by atoms with Crippen LogP contribution in [0.4, 0.5) is 4.39 Å². The smallest absolute Gasteiger partial charge is 0.264 e. The van der Waals surface area contributed by atoms with Crippen molar-refractivity contribution < 1.29 is 22.3 Å². The molecule has 1 aromatic heterocycles. The number of carbonyl (C=O) groups is 1. The Kier molecular flexibility index (Phi) is 3.89. The molecule has 1 N–H and O–H groups in total. The van der Waals surface area contributed by atoms with Gasteiger partial charge in [0.2, 0.25) is 5.91 Å².